The molecule has 30 heavy (non-hydrogen) atoms. The number of nitrogens with one attached hydrogen (secondary N) is 1. The van der Waals surface area contributed by atoms with Crippen LogP contribution >= 0.6 is 0 Å². The second-order valence-electron chi connectivity index (χ2n) is 8.31. The summed E-state index contributed by atoms with van der Waals surface area (Å²) in [6, 6.07) is 1.31. The molecule has 0 bridgehead atoms. The maximum absolute atomic E-state index is 13.3. The molecule has 12 heteroatoms. The van der Waals surface area contributed by atoms with Gasteiger partial charge in [-0.1, -0.05) is 27.7 Å². The smallest absolute Gasteiger partial charge is 0.247 e. The Morgan fingerprint density at radius 3 is 2.37 bits per heavy atom. The van der Waals surface area contributed by atoms with E-state index in [0.717, 1.165) is 4.31 Å². The number of anilines is 1. The van der Waals surface area contributed by atoms with Crippen LogP contribution in [0.2, 0.25) is 0 Å². The molecule has 0 aliphatic carbocycles. The first-order valence-corrected chi connectivity index (χ1v) is 12.7. The van der Waals surface area contributed by atoms with E-state index in [9.17, 15) is 16.8 Å². The van der Waals surface area contributed by atoms with Gasteiger partial charge >= 0.3 is 0 Å². The number of nitrogens with zero attached hydrogens (tertiary/aromatic N) is 5. The molecule has 1 N–H and O–H groups in total. The Labute approximate surface area is 176 Å². The van der Waals surface area contributed by atoms with Gasteiger partial charge in [0.05, 0.1) is 17.6 Å². The van der Waals surface area contributed by atoms with Gasteiger partial charge in [-0.15, -0.1) is 5.10 Å². The third kappa shape index (κ3) is 3.26. The molecule has 2 atom stereocenters. The van der Waals surface area contributed by atoms with E-state index in [0.29, 0.717) is 11.4 Å². The summed E-state index contributed by atoms with van der Waals surface area (Å²) < 4.78 is 55.5. The van der Waals surface area contributed by atoms with Crippen LogP contribution in [0.4, 0.5) is 5.82 Å². The largest absolute Gasteiger partial charge is 0.268 e. The first-order chi connectivity index (χ1) is 14.0. The second kappa shape index (κ2) is 7.20. The highest BCUT2D eigenvalue weighted by molar-refractivity contribution is 7.93. The zero-order valence-electron chi connectivity index (χ0n) is 17.1. The summed E-state index contributed by atoms with van der Waals surface area (Å²) in [5.41, 5.74) is 0.836. The molecule has 4 heterocycles. The van der Waals surface area contributed by atoms with Gasteiger partial charge in [0, 0.05) is 31.0 Å². The van der Waals surface area contributed by atoms with E-state index in [-0.39, 0.29) is 52.4 Å². The zero-order chi connectivity index (χ0) is 21.8. The molecule has 0 spiro atoms. The Morgan fingerprint density at radius 1 is 1.00 bits per heavy atom. The van der Waals surface area contributed by atoms with Gasteiger partial charge < -0.3 is 0 Å². The van der Waals surface area contributed by atoms with Crippen molar-refractivity contribution in [2.45, 2.75) is 49.3 Å². The summed E-state index contributed by atoms with van der Waals surface area (Å²) in [5.74, 6) is -0.121. The van der Waals surface area contributed by atoms with Crippen molar-refractivity contribution in [3.05, 3.63) is 30.0 Å². The lowest BCUT2D eigenvalue weighted by molar-refractivity contribution is 0.447. The van der Waals surface area contributed by atoms with E-state index in [4.69, 9.17) is 0 Å². The first-order valence-electron chi connectivity index (χ1n) is 9.74. The fourth-order valence-electron chi connectivity index (χ4n) is 3.92. The van der Waals surface area contributed by atoms with Crippen LogP contribution in [0.3, 0.4) is 0 Å². The van der Waals surface area contributed by atoms with Crippen LogP contribution in [0.15, 0.2) is 28.4 Å². The van der Waals surface area contributed by atoms with Gasteiger partial charge in [0.2, 0.25) is 10.0 Å². The Bertz CT molecular complexity index is 1200. The third-order valence-corrected chi connectivity index (χ3v) is 9.00. The minimum absolute atomic E-state index is 0.00973. The van der Waals surface area contributed by atoms with Crippen molar-refractivity contribution >= 4 is 25.9 Å². The van der Waals surface area contributed by atoms with Crippen molar-refractivity contribution in [1.29, 1.82) is 0 Å². The predicted octanol–water partition coefficient (Wildman–Crippen LogP) is 1.25. The maximum atomic E-state index is 13.3. The normalized spacial score (nSPS) is 24.5. The Kier molecular flexibility index (Phi) is 5.06. The van der Waals surface area contributed by atoms with Crippen molar-refractivity contribution < 1.29 is 16.8 Å². The molecule has 0 amide bonds. The Balaban J connectivity index is 1.87. The molecule has 0 saturated heterocycles. The van der Waals surface area contributed by atoms with Crippen molar-refractivity contribution in [3.63, 3.8) is 0 Å². The SMILES string of the molecule is CC(C)C1CNS(=O)(=O)c2cc(N3CC(C(C)C)c4ncncc4S3(=O)=O)nnc21. The average molecular weight is 453 g/mol. The van der Waals surface area contributed by atoms with Crippen LogP contribution < -0.4 is 9.03 Å². The minimum Gasteiger partial charge on any atom is -0.247 e. The Morgan fingerprint density at radius 2 is 1.70 bits per heavy atom. The van der Waals surface area contributed by atoms with E-state index in [1.54, 1.807) is 0 Å². The van der Waals surface area contributed by atoms with E-state index < -0.39 is 20.0 Å². The number of sulfonamides is 2. The molecule has 2 aliphatic rings. The van der Waals surface area contributed by atoms with Crippen LogP contribution in [0.1, 0.15) is 50.9 Å². The fraction of sp³-hybridized carbons (Fsp3) is 0.556. The molecule has 4 rings (SSSR count). The van der Waals surface area contributed by atoms with E-state index in [1.165, 1.54) is 18.6 Å². The number of hydrogen-bond donors (Lipinski definition) is 1. The fourth-order valence-corrected chi connectivity index (χ4v) is 6.80. The summed E-state index contributed by atoms with van der Waals surface area (Å²) in [4.78, 5) is 8.07. The molecule has 2 unspecified atom stereocenters. The molecule has 0 saturated carbocycles. The highest BCUT2D eigenvalue weighted by Crippen LogP contribution is 2.39. The van der Waals surface area contributed by atoms with Crippen molar-refractivity contribution in [3.8, 4) is 0 Å². The molecule has 0 fully saturated rings. The maximum Gasteiger partial charge on any atom is 0.268 e. The summed E-state index contributed by atoms with van der Waals surface area (Å²) in [7, 11) is -7.80. The molecule has 0 radical (unpaired) electrons. The van der Waals surface area contributed by atoms with E-state index >= 15 is 0 Å². The summed E-state index contributed by atoms with van der Waals surface area (Å²) in [6.45, 7) is 8.24. The quantitative estimate of drug-likeness (QED) is 0.735. The van der Waals surface area contributed by atoms with Crippen LogP contribution in [-0.2, 0) is 20.0 Å². The highest BCUT2D eigenvalue weighted by atomic mass is 32.2. The lowest BCUT2D eigenvalue weighted by Crippen LogP contribution is -2.43. The highest BCUT2D eigenvalue weighted by Gasteiger charge is 2.42. The lowest BCUT2D eigenvalue weighted by atomic mass is 9.91. The predicted molar refractivity (Wildman–Crippen MR) is 109 cm³/mol. The van der Waals surface area contributed by atoms with E-state index in [2.05, 4.69) is 24.9 Å². The van der Waals surface area contributed by atoms with Crippen LogP contribution in [0.5, 0.6) is 0 Å². The molecule has 2 aliphatic heterocycles. The molecule has 2 aromatic heterocycles. The third-order valence-electron chi connectivity index (χ3n) is 5.76. The number of aromatic nitrogens is 4. The van der Waals surface area contributed by atoms with Crippen LogP contribution in [0, 0.1) is 11.8 Å². The Hall–Kier alpha value is -2.18. The molecular formula is C18H24N6O4S2. The average Bonchev–Trinajstić information content (AvgIpc) is 2.67. The zero-order valence-corrected chi connectivity index (χ0v) is 18.8. The standard InChI is InChI=1S/C18H24N6O4S2/c1-10(2)12-6-21-29(25,26)14-5-16(22-23-18(12)14)24-8-13(11(3)4)17-15(30(24,27)28)7-19-9-20-17/h5,7,9-13,21H,6,8H2,1-4H3. The summed E-state index contributed by atoms with van der Waals surface area (Å²) in [6.07, 6.45) is 2.61. The van der Waals surface area contributed by atoms with Gasteiger partial charge in [-0.2, -0.15) is 5.10 Å². The van der Waals surface area contributed by atoms with E-state index in [1.807, 2.05) is 27.7 Å². The topological polar surface area (TPSA) is 135 Å². The number of hydrogen-bond acceptors (Lipinski definition) is 8. The first kappa shape index (κ1) is 21.1. The van der Waals surface area contributed by atoms with Crippen LogP contribution in [-0.4, -0.2) is 50.1 Å². The monoisotopic (exact) mass is 452 g/mol. The molecule has 162 valence electrons. The molecular weight excluding hydrogens is 428 g/mol. The minimum atomic E-state index is -4.01. The summed E-state index contributed by atoms with van der Waals surface area (Å²) >= 11 is 0. The van der Waals surface area contributed by atoms with Crippen molar-refractivity contribution in [2.24, 2.45) is 11.8 Å². The number of rotatable bonds is 3. The van der Waals surface area contributed by atoms with Crippen molar-refractivity contribution in [2.75, 3.05) is 17.4 Å². The van der Waals surface area contributed by atoms with Gasteiger partial charge in [-0.05, 0) is 11.8 Å². The van der Waals surface area contributed by atoms with Gasteiger partial charge in [-0.25, -0.2) is 35.8 Å². The van der Waals surface area contributed by atoms with Crippen LogP contribution in [0.25, 0.3) is 0 Å². The summed E-state index contributed by atoms with van der Waals surface area (Å²) in [5, 5.41) is 8.32. The second-order valence-corrected chi connectivity index (χ2v) is 11.9. The van der Waals surface area contributed by atoms with Gasteiger partial charge in [0.1, 0.15) is 16.1 Å². The number of fused-ring (bicyclic) bond motifs is 2. The lowest BCUT2D eigenvalue weighted by Gasteiger charge is -2.35. The van der Waals surface area contributed by atoms with Crippen molar-refractivity contribution in [1.82, 2.24) is 24.9 Å². The molecule has 2 aromatic rings. The van der Waals surface area contributed by atoms with Gasteiger partial charge in [-0.3, -0.25) is 0 Å². The molecule has 0 aromatic carbocycles. The van der Waals surface area contributed by atoms with Gasteiger partial charge in [0.25, 0.3) is 10.0 Å². The van der Waals surface area contributed by atoms with Gasteiger partial charge in [0.15, 0.2) is 5.82 Å². The molecule has 10 nitrogen and oxygen atoms in total.